The van der Waals surface area contributed by atoms with Crippen molar-refractivity contribution in [2.45, 2.75) is 119 Å². The van der Waals surface area contributed by atoms with Gasteiger partial charge in [0.15, 0.2) is 5.78 Å². The van der Waals surface area contributed by atoms with E-state index in [9.17, 15) is 29.4 Å². The molecular formula is C41H57KN2O6. The molecule has 2 N–H and O–H groups in total. The van der Waals surface area contributed by atoms with Crippen LogP contribution in [-0.4, -0.2) is 52.8 Å². The maximum Gasteiger partial charge on any atom is 1.00 e. The van der Waals surface area contributed by atoms with Gasteiger partial charge < -0.3 is 25.2 Å². The third-order valence-corrected chi connectivity index (χ3v) is 15.3. The number of carbonyl (C=O) groups is 4. The third-order valence-electron chi connectivity index (χ3n) is 15.3. The average Bonchev–Trinajstić information content (AvgIpc) is 3.03. The van der Waals surface area contributed by atoms with E-state index >= 15 is 0 Å². The van der Waals surface area contributed by atoms with Crippen LogP contribution in [0.25, 0.3) is 0 Å². The third kappa shape index (κ3) is 6.35. The van der Waals surface area contributed by atoms with Gasteiger partial charge in [0.25, 0.3) is 0 Å². The van der Waals surface area contributed by atoms with Crippen LogP contribution in [0.1, 0.15) is 112 Å². The van der Waals surface area contributed by atoms with Crippen molar-refractivity contribution in [1.82, 2.24) is 10.2 Å². The number of nitrogens with zero attached hydrogens (tertiary/aromatic N) is 1. The van der Waals surface area contributed by atoms with Gasteiger partial charge in [-0.15, -0.1) is 0 Å². The summed E-state index contributed by atoms with van der Waals surface area (Å²) in [6.45, 7) is 15.3. The van der Waals surface area contributed by atoms with E-state index < -0.39 is 23.8 Å². The average molecular weight is 713 g/mol. The number of aliphatic carboxylic acids is 1. The second-order valence-electron chi connectivity index (χ2n) is 18.4. The molecule has 4 saturated carbocycles. The Hall–Kier alpha value is -1.36. The Balaban J connectivity index is 0.00000486. The molecule has 0 bridgehead atoms. The van der Waals surface area contributed by atoms with Gasteiger partial charge in [-0.1, -0.05) is 84.4 Å². The summed E-state index contributed by atoms with van der Waals surface area (Å²) in [5.41, 5.74) is 0.451. The molecule has 0 heterocycles. The predicted octanol–water partition coefficient (Wildman–Crippen LogP) is 2.23. The van der Waals surface area contributed by atoms with Gasteiger partial charge in [0, 0.05) is 17.9 Å². The molecule has 1 aromatic carbocycles. The number of carboxylic acid groups (broad SMARTS) is 1. The number of hydrogen-bond donors (Lipinski definition) is 2. The van der Waals surface area contributed by atoms with Crippen molar-refractivity contribution in [3.8, 4) is 0 Å². The fourth-order valence-electron chi connectivity index (χ4n) is 12.1. The summed E-state index contributed by atoms with van der Waals surface area (Å²) < 4.78 is 0. The quantitative estimate of drug-likeness (QED) is 0.418. The van der Waals surface area contributed by atoms with Crippen molar-refractivity contribution in [3.05, 3.63) is 47.5 Å². The maximum atomic E-state index is 14.7. The number of benzene rings is 1. The summed E-state index contributed by atoms with van der Waals surface area (Å²) in [6, 6.07) is 9.54. The van der Waals surface area contributed by atoms with Crippen LogP contribution in [0.3, 0.4) is 0 Å². The number of aliphatic hydroxyl groups is 1. The van der Waals surface area contributed by atoms with E-state index in [4.69, 9.17) is 0 Å². The number of ketones is 1. The molecule has 8 nitrogen and oxygen atoms in total. The largest absolute Gasteiger partial charge is 1.00 e. The standard InChI is InChI=1S/C41H58N2O6.K/c1-36(2)30-13-16-41(7)34(39(30,5)15-14-31(36)45)29(44)21-27-28-22-38(4,18-17-37(28,3)19-20-40(27,41)6)35(49)43(24-26-11-9-8-10-12-26)25-32(46)42-23-33(47)48;/h8-12,21,28,30-31,34,45H,13-20,22-25H2,1-7H3,(H,42,46)(H,47,48);/q;+1/p-1/t28-,30-,31-,34+,37+,38-,39-,40+,41+;/m0./s1. The number of carbonyl (C=O) groups excluding carboxylic acids is 4. The Kier molecular flexibility index (Phi) is 11.0. The van der Waals surface area contributed by atoms with Gasteiger partial charge in [0.2, 0.25) is 11.8 Å². The molecule has 50 heavy (non-hydrogen) atoms. The molecule has 0 spiro atoms. The van der Waals surface area contributed by atoms with Crippen LogP contribution in [0.4, 0.5) is 0 Å². The normalized spacial score (nSPS) is 40.0. The van der Waals surface area contributed by atoms with E-state index in [2.05, 4.69) is 46.9 Å². The summed E-state index contributed by atoms with van der Waals surface area (Å²) in [6.07, 6.45) is 9.37. The Morgan fingerprint density at radius 3 is 2.24 bits per heavy atom. The number of allylic oxidation sites excluding steroid dienone is 2. The zero-order chi connectivity index (χ0) is 35.8. The molecule has 1 aromatic rings. The van der Waals surface area contributed by atoms with E-state index in [-0.39, 0.29) is 127 Å². The first-order chi connectivity index (χ1) is 22.8. The van der Waals surface area contributed by atoms with E-state index in [1.807, 2.05) is 43.3 Å². The molecule has 0 radical (unpaired) electrons. The fourth-order valence-corrected chi connectivity index (χ4v) is 12.1. The molecule has 4 fully saturated rings. The minimum absolute atomic E-state index is 0. The van der Waals surface area contributed by atoms with Crippen LogP contribution in [-0.2, 0) is 25.7 Å². The van der Waals surface area contributed by atoms with Gasteiger partial charge in [-0.25, -0.2) is 0 Å². The Morgan fingerprint density at radius 1 is 0.920 bits per heavy atom. The molecule has 2 amide bonds. The van der Waals surface area contributed by atoms with Crippen molar-refractivity contribution in [2.24, 2.45) is 50.2 Å². The minimum Gasteiger partial charge on any atom is -0.548 e. The summed E-state index contributed by atoms with van der Waals surface area (Å²) in [7, 11) is 0. The number of nitrogens with one attached hydrogen (secondary N) is 1. The second-order valence-corrected chi connectivity index (χ2v) is 18.4. The number of rotatable bonds is 7. The van der Waals surface area contributed by atoms with Gasteiger partial charge in [-0.3, -0.25) is 14.4 Å². The first-order valence-electron chi connectivity index (χ1n) is 18.5. The molecular weight excluding hydrogens is 656 g/mol. The van der Waals surface area contributed by atoms with Crippen LogP contribution in [0.2, 0.25) is 0 Å². The number of aliphatic hydroxyl groups excluding tert-OH is 1. The Morgan fingerprint density at radius 2 is 1.58 bits per heavy atom. The van der Waals surface area contributed by atoms with Crippen molar-refractivity contribution in [2.75, 3.05) is 13.1 Å². The molecule has 9 heteroatoms. The van der Waals surface area contributed by atoms with Crippen LogP contribution in [0.5, 0.6) is 0 Å². The molecule has 0 unspecified atom stereocenters. The summed E-state index contributed by atoms with van der Waals surface area (Å²) >= 11 is 0. The number of fused-ring (bicyclic) bond motifs is 7. The Labute approximate surface area is 341 Å². The molecule has 0 saturated heterocycles. The van der Waals surface area contributed by atoms with Crippen molar-refractivity contribution in [3.63, 3.8) is 0 Å². The zero-order valence-electron chi connectivity index (χ0n) is 31.7. The van der Waals surface area contributed by atoms with Crippen LogP contribution < -0.4 is 61.8 Å². The first-order valence-corrected chi connectivity index (χ1v) is 18.5. The van der Waals surface area contributed by atoms with E-state index in [0.717, 1.165) is 50.5 Å². The maximum absolute atomic E-state index is 14.7. The van der Waals surface area contributed by atoms with Crippen molar-refractivity contribution in [1.29, 1.82) is 0 Å². The fraction of sp³-hybridized carbons (Fsp3) is 0.707. The zero-order valence-corrected chi connectivity index (χ0v) is 34.8. The number of amides is 2. The van der Waals surface area contributed by atoms with Gasteiger partial charge in [-0.05, 0) is 108 Å². The van der Waals surface area contributed by atoms with Crippen molar-refractivity contribution < 1.29 is 80.8 Å². The first kappa shape index (κ1) is 39.8. The molecule has 268 valence electrons. The summed E-state index contributed by atoms with van der Waals surface area (Å²) in [4.78, 5) is 54.9. The topological polar surface area (TPSA) is 127 Å². The van der Waals surface area contributed by atoms with Crippen LogP contribution in [0, 0.1) is 50.2 Å². The smallest absolute Gasteiger partial charge is 0.548 e. The van der Waals surface area contributed by atoms with Gasteiger partial charge >= 0.3 is 51.4 Å². The monoisotopic (exact) mass is 712 g/mol. The molecule has 0 aliphatic heterocycles. The van der Waals surface area contributed by atoms with E-state index in [1.165, 1.54) is 5.57 Å². The predicted molar refractivity (Wildman–Crippen MR) is 185 cm³/mol. The van der Waals surface area contributed by atoms with Gasteiger partial charge in [-0.2, -0.15) is 0 Å². The number of carboxylic acids is 1. The summed E-state index contributed by atoms with van der Waals surface area (Å²) in [5, 5.41) is 24.5. The minimum atomic E-state index is -1.38. The van der Waals surface area contributed by atoms with Crippen molar-refractivity contribution >= 4 is 23.6 Å². The molecule has 0 aromatic heterocycles. The molecule has 5 aliphatic rings. The molecule has 6 rings (SSSR count). The molecule has 5 aliphatic carbocycles. The van der Waals surface area contributed by atoms with E-state index in [0.29, 0.717) is 12.8 Å². The van der Waals surface area contributed by atoms with Gasteiger partial charge in [0.05, 0.1) is 25.2 Å². The Bertz CT molecular complexity index is 1560. The SMILES string of the molecule is CC1(C)[C@@H](O)CC[C@]2(C)[C@H]3C(=O)C=C4[C@@H]5C[C@@](C)(C(=O)N(CC(=O)NCC(=O)[O-])Cc6ccccc6)CC[C@]5(C)CC[C@@]4(C)[C@]3(C)CC[C@@H]12.[K+]. The van der Waals surface area contributed by atoms with Gasteiger partial charge in [0.1, 0.15) is 0 Å². The molecule has 9 atom stereocenters. The van der Waals surface area contributed by atoms with Crippen LogP contribution in [0.15, 0.2) is 42.0 Å². The van der Waals surface area contributed by atoms with Crippen LogP contribution >= 0.6 is 0 Å². The number of hydrogen-bond acceptors (Lipinski definition) is 6. The summed E-state index contributed by atoms with van der Waals surface area (Å²) in [5.74, 6) is -1.59. The second kappa shape index (κ2) is 13.8. The van der Waals surface area contributed by atoms with E-state index in [1.54, 1.807) is 4.90 Å².